The van der Waals surface area contributed by atoms with Gasteiger partial charge in [0, 0.05) is 19.2 Å². The number of benzene rings is 3. The van der Waals surface area contributed by atoms with E-state index in [0.717, 1.165) is 22.0 Å². The van der Waals surface area contributed by atoms with E-state index >= 15 is 0 Å². The Balaban J connectivity index is 1.88. The van der Waals surface area contributed by atoms with E-state index in [-0.39, 0.29) is 12.1 Å². The summed E-state index contributed by atoms with van der Waals surface area (Å²) >= 11 is 6.03. The van der Waals surface area contributed by atoms with Crippen LogP contribution in [0.15, 0.2) is 77.7 Å². The highest BCUT2D eigenvalue weighted by Crippen LogP contribution is 2.24. The molecule has 3 aromatic carbocycles. The molecule has 0 aliphatic heterocycles. The molecule has 8 heteroatoms. The van der Waals surface area contributed by atoms with E-state index in [1.807, 2.05) is 6.07 Å². The van der Waals surface area contributed by atoms with Gasteiger partial charge in [-0.25, -0.2) is 12.8 Å². The Morgan fingerprint density at radius 1 is 1.03 bits per heavy atom. The summed E-state index contributed by atoms with van der Waals surface area (Å²) in [7, 11) is -2.79. The lowest BCUT2D eigenvalue weighted by molar-refractivity contribution is 0.102. The molecule has 0 bridgehead atoms. The van der Waals surface area contributed by atoms with Crippen molar-refractivity contribution in [2.75, 3.05) is 12.4 Å². The van der Waals surface area contributed by atoms with Crippen molar-refractivity contribution in [2.45, 2.75) is 11.4 Å². The molecule has 0 saturated heterocycles. The van der Waals surface area contributed by atoms with Crippen molar-refractivity contribution in [3.63, 3.8) is 0 Å². The zero-order valence-corrected chi connectivity index (χ0v) is 17.0. The predicted molar refractivity (Wildman–Crippen MR) is 111 cm³/mol. The van der Waals surface area contributed by atoms with Gasteiger partial charge < -0.3 is 5.32 Å². The molecule has 5 nitrogen and oxygen atoms in total. The topological polar surface area (TPSA) is 66.5 Å². The Labute approximate surface area is 173 Å². The fraction of sp³-hybridized carbons (Fsp3) is 0.0952. The molecule has 1 amide bonds. The molecule has 150 valence electrons. The molecule has 0 spiro atoms. The van der Waals surface area contributed by atoms with Gasteiger partial charge in [0.15, 0.2) is 0 Å². The molecule has 0 aromatic heterocycles. The molecule has 0 unspecified atom stereocenters. The van der Waals surface area contributed by atoms with E-state index in [1.165, 1.54) is 13.1 Å². The number of sulfonamides is 1. The summed E-state index contributed by atoms with van der Waals surface area (Å²) in [5.41, 5.74) is 1.12. The summed E-state index contributed by atoms with van der Waals surface area (Å²) in [6.45, 7) is 0.0681. The van der Waals surface area contributed by atoms with Gasteiger partial charge in [-0.15, -0.1) is 0 Å². The van der Waals surface area contributed by atoms with Crippen LogP contribution in [0.3, 0.4) is 0 Å². The van der Waals surface area contributed by atoms with Crippen LogP contribution in [-0.4, -0.2) is 25.7 Å². The third kappa shape index (κ3) is 4.82. The second-order valence-electron chi connectivity index (χ2n) is 6.33. The van der Waals surface area contributed by atoms with Crippen LogP contribution in [0.4, 0.5) is 10.1 Å². The number of rotatable bonds is 6. The van der Waals surface area contributed by atoms with Gasteiger partial charge in [-0.2, -0.15) is 4.31 Å². The van der Waals surface area contributed by atoms with Crippen LogP contribution in [-0.2, 0) is 16.6 Å². The number of halogens is 2. The molecule has 29 heavy (non-hydrogen) atoms. The predicted octanol–water partition coefficient (Wildman–Crippen LogP) is 4.55. The smallest absolute Gasteiger partial charge is 0.255 e. The van der Waals surface area contributed by atoms with Crippen LogP contribution in [0.1, 0.15) is 15.9 Å². The third-order valence-corrected chi connectivity index (χ3v) is 6.40. The minimum Gasteiger partial charge on any atom is -0.321 e. The molecule has 0 aliphatic carbocycles. The largest absolute Gasteiger partial charge is 0.321 e. The zero-order chi connectivity index (χ0) is 21.0. The summed E-state index contributed by atoms with van der Waals surface area (Å²) in [5, 5.41) is 2.92. The average Bonchev–Trinajstić information content (AvgIpc) is 2.70. The summed E-state index contributed by atoms with van der Waals surface area (Å²) < 4.78 is 41.2. The van der Waals surface area contributed by atoms with Crippen molar-refractivity contribution in [1.82, 2.24) is 4.31 Å². The van der Waals surface area contributed by atoms with Crippen LogP contribution >= 0.6 is 11.6 Å². The highest BCUT2D eigenvalue weighted by atomic mass is 35.5. The first-order valence-electron chi connectivity index (χ1n) is 8.65. The van der Waals surface area contributed by atoms with Crippen LogP contribution in [0, 0.1) is 5.82 Å². The van der Waals surface area contributed by atoms with E-state index in [0.29, 0.717) is 10.7 Å². The highest BCUT2D eigenvalue weighted by Gasteiger charge is 2.26. The zero-order valence-electron chi connectivity index (χ0n) is 15.5. The maximum atomic E-state index is 14.4. The monoisotopic (exact) mass is 432 g/mol. The van der Waals surface area contributed by atoms with Gasteiger partial charge in [0.25, 0.3) is 5.91 Å². The van der Waals surface area contributed by atoms with Crippen molar-refractivity contribution in [2.24, 2.45) is 0 Å². The van der Waals surface area contributed by atoms with Crippen molar-refractivity contribution in [1.29, 1.82) is 0 Å². The Hall–Kier alpha value is -2.74. The number of nitrogens with zero attached hydrogens (tertiary/aromatic N) is 1. The molecule has 0 fully saturated rings. The van der Waals surface area contributed by atoms with Crippen molar-refractivity contribution < 1.29 is 17.6 Å². The maximum absolute atomic E-state index is 14.4. The van der Waals surface area contributed by atoms with Gasteiger partial charge >= 0.3 is 0 Å². The molecule has 0 saturated carbocycles. The van der Waals surface area contributed by atoms with Crippen molar-refractivity contribution in [3.05, 3.63) is 94.8 Å². The first-order valence-corrected chi connectivity index (χ1v) is 10.5. The van der Waals surface area contributed by atoms with Crippen molar-refractivity contribution >= 4 is 33.2 Å². The van der Waals surface area contributed by atoms with Crippen LogP contribution in [0.5, 0.6) is 0 Å². The Kier molecular flexibility index (Phi) is 6.32. The Bertz CT molecular complexity index is 1140. The van der Waals surface area contributed by atoms with E-state index in [9.17, 15) is 17.6 Å². The molecule has 0 radical (unpaired) electrons. The van der Waals surface area contributed by atoms with Gasteiger partial charge in [-0.1, -0.05) is 54.1 Å². The summed E-state index contributed by atoms with van der Waals surface area (Å²) in [4.78, 5) is 12.0. The summed E-state index contributed by atoms with van der Waals surface area (Å²) in [6.07, 6.45) is 0. The normalized spacial score (nSPS) is 11.4. The molecule has 3 aromatic rings. The third-order valence-electron chi connectivity index (χ3n) is 4.25. The molecular weight excluding hydrogens is 415 g/mol. The van der Waals surface area contributed by atoms with E-state index in [1.54, 1.807) is 48.5 Å². The van der Waals surface area contributed by atoms with Crippen LogP contribution in [0.25, 0.3) is 0 Å². The Morgan fingerprint density at radius 3 is 2.38 bits per heavy atom. The fourth-order valence-electron chi connectivity index (χ4n) is 2.69. The summed E-state index contributed by atoms with van der Waals surface area (Å²) in [6, 6.07) is 18.8. The Morgan fingerprint density at radius 2 is 1.69 bits per heavy atom. The number of hydrogen-bond donors (Lipinski definition) is 1. The number of nitrogens with one attached hydrogen (secondary N) is 1. The molecule has 1 N–H and O–H groups in total. The lowest BCUT2D eigenvalue weighted by atomic mass is 10.2. The quantitative estimate of drug-likeness (QED) is 0.621. The lowest BCUT2D eigenvalue weighted by Gasteiger charge is -2.18. The summed E-state index contributed by atoms with van der Waals surface area (Å²) in [5.74, 6) is -1.53. The molecule has 3 rings (SSSR count). The van der Waals surface area contributed by atoms with E-state index in [4.69, 9.17) is 11.6 Å². The molecule has 0 aliphatic rings. The van der Waals surface area contributed by atoms with Crippen LogP contribution in [0.2, 0.25) is 5.02 Å². The number of anilines is 1. The van der Waals surface area contributed by atoms with Gasteiger partial charge in [-0.05, 0) is 35.9 Å². The van der Waals surface area contributed by atoms with E-state index in [2.05, 4.69) is 5.32 Å². The maximum Gasteiger partial charge on any atom is 0.255 e. The highest BCUT2D eigenvalue weighted by molar-refractivity contribution is 7.89. The molecule has 0 heterocycles. The number of hydrogen-bond acceptors (Lipinski definition) is 3. The second kappa shape index (κ2) is 8.73. The van der Waals surface area contributed by atoms with E-state index < -0.39 is 26.6 Å². The van der Waals surface area contributed by atoms with Gasteiger partial charge in [-0.3, -0.25) is 4.79 Å². The standard InChI is InChI=1S/C21H18ClFN2O3S/c1-25(14-15-7-3-2-4-8-15)29(27,28)20-13-16(11-12-18(20)23)21(26)24-19-10-6-5-9-17(19)22/h2-13H,14H2,1H3,(H,24,26). The minimum absolute atomic E-state index is 0.00185. The number of para-hydroxylation sites is 1. The number of carbonyl (C=O) groups excluding carboxylic acids is 1. The average molecular weight is 433 g/mol. The second-order valence-corrected chi connectivity index (χ2v) is 8.75. The van der Waals surface area contributed by atoms with Gasteiger partial charge in [0.05, 0.1) is 10.7 Å². The number of amides is 1. The SMILES string of the molecule is CN(Cc1ccccc1)S(=O)(=O)c1cc(C(=O)Nc2ccccc2Cl)ccc1F. The number of carbonyl (C=O) groups is 1. The first-order chi connectivity index (χ1) is 13.8. The van der Waals surface area contributed by atoms with Crippen molar-refractivity contribution in [3.8, 4) is 0 Å². The fourth-order valence-corrected chi connectivity index (χ4v) is 4.12. The van der Waals surface area contributed by atoms with Crippen LogP contribution < -0.4 is 5.32 Å². The lowest BCUT2D eigenvalue weighted by Crippen LogP contribution is -2.27. The molecule has 0 atom stereocenters. The minimum atomic E-state index is -4.15. The first kappa shape index (κ1) is 21.0. The molecular formula is C21H18ClFN2O3S. The van der Waals surface area contributed by atoms with Gasteiger partial charge in [0.2, 0.25) is 10.0 Å². The van der Waals surface area contributed by atoms with Gasteiger partial charge in [0.1, 0.15) is 10.7 Å².